The Morgan fingerprint density at radius 2 is 1.82 bits per heavy atom. The lowest BCUT2D eigenvalue weighted by Crippen LogP contribution is -2.33. The monoisotopic (exact) mass is 242 g/mol. The van der Waals surface area contributed by atoms with Crippen molar-refractivity contribution in [2.24, 2.45) is 5.73 Å². The van der Waals surface area contributed by atoms with Crippen LogP contribution in [0.4, 0.5) is 0 Å². The molecule has 0 aromatic heterocycles. The number of hydrogen-bond donors (Lipinski definition) is 3. The van der Waals surface area contributed by atoms with Crippen LogP contribution in [0.3, 0.4) is 0 Å². The SMILES string of the molecule is C=C/C=C\C=C\C(NC=O)C(=O)O.CC.CN. The zero-order chi connectivity index (χ0) is 14.1. The van der Waals surface area contributed by atoms with Crippen molar-refractivity contribution in [1.29, 1.82) is 0 Å². The van der Waals surface area contributed by atoms with E-state index in [1.54, 1.807) is 18.2 Å². The first-order valence-corrected chi connectivity index (χ1v) is 5.18. The third kappa shape index (κ3) is 16.8. The number of carboxylic acids is 1. The molecular weight excluding hydrogens is 220 g/mol. The zero-order valence-electron chi connectivity index (χ0n) is 10.6. The van der Waals surface area contributed by atoms with Gasteiger partial charge in [-0.1, -0.05) is 50.8 Å². The molecular formula is C12H22N2O3. The van der Waals surface area contributed by atoms with E-state index in [1.165, 1.54) is 19.2 Å². The van der Waals surface area contributed by atoms with E-state index in [9.17, 15) is 9.59 Å². The van der Waals surface area contributed by atoms with E-state index in [4.69, 9.17) is 5.11 Å². The summed E-state index contributed by atoms with van der Waals surface area (Å²) in [5.41, 5.74) is 4.50. The fourth-order valence-corrected chi connectivity index (χ4v) is 0.600. The molecule has 4 N–H and O–H groups in total. The van der Waals surface area contributed by atoms with E-state index in [-0.39, 0.29) is 0 Å². The third-order valence-electron chi connectivity index (χ3n) is 1.18. The van der Waals surface area contributed by atoms with E-state index in [0.717, 1.165) is 0 Å². The standard InChI is InChI=1S/C9H11NO3.C2H6.CH5N/c1-2-3-4-5-6-8(9(12)13)10-7-11;2*1-2/h2-8H,1H2,(H,10,11)(H,12,13);1-2H3;2H2,1H3/b4-3-,6-5+;;. The molecule has 0 aromatic carbocycles. The number of hydrogen-bond acceptors (Lipinski definition) is 3. The fourth-order valence-electron chi connectivity index (χ4n) is 0.600. The number of amides is 1. The molecule has 0 aliphatic heterocycles. The number of allylic oxidation sites excluding steroid dienone is 4. The van der Waals surface area contributed by atoms with Gasteiger partial charge in [0.1, 0.15) is 6.04 Å². The molecule has 0 rings (SSSR count). The summed E-state index contributed by atoms with van der Waals surface area (Å²) < 4.78 is 0. The quantitative estimate of drug-likeness (QED) is 0.480. The Hall–Kier alpha value is -1.88. The highest BCUT2D eigenvalue weighted by Gasteiger charge is 2.10. The number of carbonyl (C=O) groups is 2. The number of nitrogens with two attached hydrogens (primary N) is 1. The van der Waals surface area contributed by atoms with Gasteiger partial charge in [-0.25, -0.2) is 4.79 Å². The average molecular weight is 242 g/mol. The van der Waals surface area contributed by atoms with Crippen LogP contribution in [-0.2, 0) is 9.59 Å². The summed E-state index contributed by atoms with van der Waals surface area (Å²) >= 11 is 0. The van der Waals surface area contributed by atoms with Gasteiger partial charge in [0.2, 0.25) is 6.41 Å². The number of nitrogens with one attached hydrogen (secondary N) is 1. The van der Waals surface area contributed by atoms with Gasteiger partial charge in [-0.05, 0) is 7.05 Å². The summed E-state index contributed by atoms with van der Waals surface area (Å²) in [6, 6.07) is -0.980. The zero-order valence-corrected chi connectivity index (χ0v) is 10.6. The van der Waals surface area contributed by atoms with Gasteiger partial charge in [0, 0.05) is 0 Å². The summed E-state index contributed by atoms with van der Waals surface area (Å²) in [5.74, 6) is -1.10. The van der Waals surface area contributed by atoms with E-state index < -0.39 is 12.0 Å². The first-order chi connectivity index (χ1) is 8.22. The molecule has 0 heterocycles. The number of aliphatic carboxylic acids is 1. The topological polar surface area (TPSA) is 92.4 Å². The Bertz CT molecular complexity index is 248. The van der Waals surface area contributed by atoms with Gasteiger partial charge in [0.25, 0.3) is 0 Å². The molecule has 1 unspecified atom stereocenters. The maximum Gasteiger partial charge on any atom is 0.330 e. The van der Waals surface area contributed by atoms with E-state index >= 15 is 0 Å². The van der Waals surface area contributed by atoms with Crippen LogP contribution in [-0.4, -0.2) is 30.6 Å². The lowest BCUT2D eigenvalue weighted by atomic mass is 10.2. The molecule has 0 aromatic rings. The molecule has 0 spiro atoms. The summed E-state index contributed by atoms with van der Waals surface area (Å²) in [5, 5.41) is 10.7. The minimum absolute atomic E-state index is 0.348. The van der Waals surface area contributed by atoms with Crippen LogP contribution in [0.2, 0.25) is 0 Å². The second-order valence-corrected chi connectivity index (χ2v) is 2.11. The minimum Gasteiger partial charge on any atom is -0.479 e. The first kappa shape index (κ1) is 20.5. The van der Waals surface area contributed by atoms with Gasteiger partial charge < -0.3 is 16.2 Å². The van der Waals surface area contributed by atoms with Crippen molar-refractivity contribution in [3.8, 4) is 0 Å². The molecule has 0 fully saturated rings. The second-order valence-electron chi connectivity index (χ2n) is 2.11. The van der Waals surface area contributed by atoms with Crippen molar-refractivity contribution < 1.29 is 14.7 Å². The highest BCUT2D eigenvalue weighted by Crippen LogP contribution is 1.87. The maximum atomic E-state index is 10.4. The third-order valence-corrected chi connectivity index (χ3v) is 1.18. The normalized spacial score (nSPS) is 10.6. The molecule has 98 valence electrons. The Morgan fingerprint density at radius 1 is 1.29 bits per heavy atom. The Labute approximate surface area is 103 Å². The molecule has 0 aliphatic carbocycles. The number of rotatable bonds is 6. The number of carbonyl (C=O) groups excluding carboxylic acids is 1. The smallest absolute Gasteiger partial charge is 0.330 e. The van der Waals surface area contributed by atoms with E-state index in [1.807, 2.05) is 13.8 Å². The summed E-state index contributed by atoms with van der Waals surface area (Å²) in [4.78, 5) is 20.4. The highest BCUT2D eigenvalue weighted by molar-refractivity contribution is 5.78. The molecule has 0 radical (unpaired) electrons. The van der Waals surface area contributed by atoms with Crippen molar-refractivity contribution >= 4 is 12.4 Å². The Kier molecular flexibility index (Phi) is 23.7. The minimum atomic E-state index is -1.10. The molecule has 1 amide bonds. The molecule has 17 heavy (non-hydrogen) atoms. The van der Waals surface area contributed by atoms with Crippen LogP contribution in [0, 0.1) is 0 Å². The van der Waals surface area contributed by atoms with Crippen molar-refractivity contribution in [2.75, 3.05) is 7.05 Å². The predicted molar refractivity (Wildman–Crippen MR) is 70.6 cm³/mol. The lowest BCUT2D eigenvalue weighted by Gasteiger charge is -2.03. The molecule has 0 saturated heterocycles. The van der Waals surface area contributed by atoms with Gasteiger partial charge in [0.05, 0.1) is 0 Å². The van der Waals surface area contributed by atoms with Crippen molar-refractivity contribution in [2.45, 2.75) is 19.9 Å². The van der Waals surface area contributed by atoms with Crippen molar-refractivity contribution in [1.82, 2.24) is 5.32 Å². The summed E-state index contributed by atoms with van der Waals surface area (Å²) in [6.07, 6.45) is 8.06. The van der Waals surface area contributed by atoms with Crippen LogP contribution in [0.1, 0.15) is 13.8 Å². The summed E-state index contributed by atoms with van der Waals surface area (Å²) in [6.45, 7) is 7.44. The Balaban J connectivity index is -0.000000439. The van der Waals surface area contributed by atoms with Gasteiger partial charge in [0.15, 0.2) is 0 Å². The second kappa shape index (κ2) is 19.7. The van der Waals surface area contributed by atoms with Crippen LogP contribution in [0.15, 0.2) is 37.0 Å². The first-order valence-electron chi connectivity index (χ1n) is 5.18. The van der Waals surface area contributed by atoms with Crippen molar-refractivity contribution in [3.05, 3.63) is 37.0 Å². The molecule has 0 saturated carbocycles. The fraction of sp³-hybridized carbons (Fsp3) is 0.333. The van der Waals surface area contributed by atoms with Crippen LogP contribution >= 0.6 is 0 Å². The molecule has 1 atom stereocenters. The maximum absolute atomic E-state index is 10.4. The van der Waals surface area contributed by atoms with Crippen LogP contribution in [0.5, 0.6) is 0 Å². The van der Waals surface area contributed by atoms with Gasteiger partial charge in [-0.2, -0.15) is 0 Å². The summed E-state index contributed by atoms with van der Waals surface area (Å²) in [7, 11) is 1.50. The predicted octanol–water partition coefficient (Wildman–Crippen LogP) is 1.09. The molecule has 0 bridgehead atoms. The lowest BCUT2D eigenvalue weighted by molar-refractivity contribution is -0.139. The molecule has 0 aliphatic rings. The van der Waals surface area contributed by atoms with E-state index in [2.05, 4.69) is 17.6 Å². The van der Waals surface area contributed by atoms with Gasteiger partial charge in [-0.15, -0.1) is 0 Å². The molecule has 5 nitrogen and oxygen atoms in total. The number of carboxylic acid groups (broad SMARTS) is 1. The van der Waals surface area contributed by atoms with Gasteiger partial charge in [-0.3, -0.25) is 4.79 Å². The largest absolute Gasteiger partial charge is 0.479 e. The van der Waals surface area contributed by atoms with Crippen LogP contribution in [0.25, 0.3) is 0 Å². The Morgan fingerprint density at radius 3 is 2.18 bits per heavy atom. The average Bonchev–Trinajstić information content (AvgIpc) is 2.38. The van der Waals surface area contributed by atoms with Crippen molar-refractivity contribution in [3.63, 3.8) is 0 Å². The highest BCUT2D eigenvalue weighted by atomic mass is 16.4. The van der Waals surface area contributed by atoms with Gasteiger partial charge >= 0.3 is 5.97 Å². The van der Waals surface area contributed by atoms with Crippen LogP contribution < -0.4 is 11.1 Å². The van der Waals surface area contributed by atoms with E-state index in [0.29, 0.717) is 6.41 Å². The molecule has 5 heteroatoms.